The summed E-state index contributed by atoms with van der Waals surface area (Å²) in [5.74, 6) is -0.321. The lowest BCUT2D eigenvalue weighted by Crippen LogP contribution is -2.16. The predicted molar refractivity (Wildman–Crippen MR) is 51.2 cm³/mol. The van der Waals surface area contributed by atoms with Crippen LogP contribution in [0.1, 0.15) is 25.5 Å². The van der Waals surface area contributed by atoms with E-state index in [1.165, 1.54) is 6.92 Å². The van der Waals surface area contributed by atoms with E-state index in [0.29, 0.717) is 0 Å². The summed E-state index contributed by atoms with van der Waals surface area (Å²) >= 11 is 0. The zero-order valence-corrected chi connectivity index (χ0v) is 7.90. The maximum atomic E-state index is 11.0. The first-order valence-corrected chi connectivity index (χ1v) is 4.36. The molecule has 2 atom stereocenters. The van der Waals surface area contributed by atoms with Gasteiger partial charge in [0.1, 0.15) is 5.78 Å². The van der Waals surface area contributed by atoms with Gasteiger partial charge in [0.25, 0.3) is 0 Å². The Bertz CT molecular complexity index is 279. The highest BCUT2D eigenvalue weighted by Gasteiger charge is 2.19. The van der Waals surface area contributed by atoms with E-state index in [1.807, 2.05) is 30.3 Å². The third kappa shape index (κ3) is 2.39. The van der Waals surface area contributed by atoms with Crippen LogP contribution in [0.25, 0.3) is 0 Å². The van der Waals surface area contributed by atoms with Crippen LogP contribution in [0, 0.1) is 5.92 Å². The van der Waals surface area contributed by atoms with Crippen LogP contribution in [0.5, 0.6) is 0 Å². The second-order valence-electron chi connectivity index (χ2n) is 3.25. The molecule has 1 aromatic carbocycles. The average Bonchev–Trinajstić information content (AvgIpc) is 2.17. The molecular weight excluding hydrogens is 164 g/mol. The number of carbonyl (C=O) groups is 1. The topological polar surface area (TPSA) is 37.3 Å². The van der Waals surface area contributed by atoms with E-state index in [4.69, 9.17) is 0 Å². The van der Waals surface area contributed by atoms with Crippen molar-refractivity contribution in [2.75, 3.05) is 0 Å². The Morgan fingerprint density at radius 3 is 2.31 bits per heavy atom. The highest BCUT2D eigenvalue weighted by Crippen LogP contribution is 2.21. The van der Waals surface area contributed by atoms with Crippen molar-refractivity contribution in [1.29, 1.82) is 0 Å². The molecule has 1 rings (SSSR count). The average molecular weight is 178 g/mol. The molecule has 1 N–H and O–H groups in total. The van der Waals surface area contributed by atoms with Crippen LogP contribution in [0.15, 0.2) is 30.3 Å². The summed E-state index contributed by atoms with van der Waals surface area (Å²) < 4.78 is 0. The molecule has 0 aromatic heterocycles. The molecule has 0 saturated heterocycles. The number of rotatable bonds is 3. The van der Waals surface area contributed by atoms with Crippen molar-refractivity contribution in [2.45, 2.75) is 20.0 Å². The number of hydrogen-bond acceptors (Lipinski definition) is 2. The lowest BCUT2D eigenvalue weighted by atomic mass is 9.95. The summed E-state index contributed by atoms with van der Waals surface area (Å²) in [6.07, 6.45) is -0.682. The highest BCUT2D eigenvalue weighted by molar-refractivity contribution is 5.78. The van der Waals surface area contributed by atoms with Gasteiger partial charge in [-0.15, -0.1) is 0 Å². The normalized spacial score (nSPS) is 15.0. The first-order chi connectivity index (χ1) is 6.13. The van der Waals surface area contributed by atoms with Gasteiger partial charge in [-0.3, -0.25) is 4.79 Å². The summed E-state index contributed by atoms with van der Waals surface area (Å²) in [4.78, 5) is 11.0. The van der Waals surface area contributed by atoms with Crippen molar-refractivity contribution < 1.29 is 9.90 Å². The van der Waals surface area contributed by atoms with E-state index in [-0.39, 0.29) is 11.7 Å². The molecule has 0 aliphatic rings. The summed E-state index contributed by atoms with van der Waals surface area (Å²) in [6, 6.07) is 9.24. The SMILES string of the molecule is CC(=O)C(C)[C@H](O)c1ccccc1. The molecule has 1 aromatic rings. The minimum atomic E-state index is -0.682. The maximum absolute atomic E-state index is 11.0. The van der Waals surface area contributed by atoms with Crippen LogP contribution in [-0.4, -0.2) is 10.9 Å². The van der Waals surface area contributed by atoms with Gasteiger partial charge in [0, 0.05) is 5.92 Å². The molecule has 0 bridgehead atoms. The molecule has 0 aliphatic heterocycles. The molecule has 0 amide bonds. The Morgan fingerprint density at radius 1 is 1.31 bits per heavy atom. The first kappa shape index (κ1) is 9.93. The predicted octanol–water partition coefficient (Wildman–Crippen LogP) is 1.95. The van der Waals surface area contributed by atoms with Crippen LogP contribution in [0.4, 0.5) is 0 Å². The van der Waals surface area contributed by atoms with Gasteiger partial charge in [-0.25, -0.2) is 0 Å². The van der Waals surface area contributed by atoms with Gasteiger partial charge in [-0.05, 0) is 12.5 Å². The fourth-order valence-electron chi connectivity index (χ4n) is 1.16. The highest BCUT2D eigenvalue weighted by atomic mass is 16.3. The Labute approximate surface area is 78.2 Å². The monoisotopic (exact) mass is 178 g/mol. The fraction of sp³-hybridized carbons (Fsp3) is 0.364. The van der Waals surface area contributed by atoms with E-state index >= 15 is 0 Å². The Kier molecular flexibility index (Phi) is 3.20. The number of benzene rings is 1. The van der Waals surface area contributed by atoms with Crippen molar-refractivity contribution in [3.8, 4) is 0 Å². The van der Waals surface area contributed by atoms with Crippen LogP contribution in [0.2, 0.25) is 0 Å². The second kappa shape index (κ2) is 4.19. The van der Waals surface area contributed by atoms with E-state index in [0.717, 1.165) is 5.56 Å². The molecule has 2 nitrogen and oxygen atoms in total. The minimum absolute atomic E-state index is 0.0105. The minimum Gasteiger partial charge on any atom is -0.388 e. The third-order valence-electron chi connectivity index (χ3n) is 2.26. The van der Waals surface area contributed by atoms with Crippen molar-refractivity contribution >= 4 is 5.78 Å². The standard InChI is InChI=1S/C11H14O2/c1-8(9(2)12)11(13)10-6-4-3-5-7-10/h3-8,11,13H,1-2H3/t8?,11-/m0/s1. The number of Topliss-reactive ketones (excluding diaryl/α,β-unsaturated/α-hetero) is 1. The maximum Gasteiger partial charge on any atom is 0.135 e. The number of aliphatic hydroxyl groups excluding tert-OH is 1. The summed E-state index contributed by atoms with van der Waals surface area (Å²) in [6.45, 7) is 3.23. The fourth-order valence-corrected chi connectivity index (χ4v) is 1.16. The number of ketones is 1. The second-order valence-corrected chi connectivity index (χ2v) is 3.25. The molecule has 0 saturated carbocycles. The third-order valence-corrected chi connectivity index (χ3v) is 2.26. The molecule has 70 valence electrons. The lowest BCUT2D eigenvalue weighted by molar-refractivity contribution is -0.123. The van der Waals surface area contributed by atoms with E-state index in [1.54, 1.807) is 6.92 Å². The van der Waals surface area contributed by atoms with Gasteiger partial charge in [0.05, 0.1) is 6.10 Å². The lowest BCUT2D eigenvalue weighted by Gasteiger charge is -2.15. The zero-order chi connectivity index (χ0) is 9.84. The molecule has 1 unspecified atom stereocenters. The van der Waals surface area contributed by atoms with Gasteiger partial charge >= 0.3 is 0 Å². The van der Waals surface area contributed by atoms with Crippen molar-refractivity contribution in [1.82, 2.24) is 0 Å². The molecular formula is C11H14O2. The van der Waals surface area contributed by atoms with Crippen molar-refractivity contribution in [3.63, 3.8) is 0 Å². The molecule has 0 fully saturated rings. The molecule has 13 heavy (non-hydrogen) atoms. The van der Waals surface area contributed by atoms with Gasteiger partial charge in [-0.1, -0.05) is 37.3 Å². The van der Waals surface area contributed by atoms with Crippen LogP contribution in [-0.2, 0) is 4.79 Å². The smallest absolute Gasteiger partial charge is 0.135 e. The van der Waals surface area contributed by atoms with Crippen LogP contribution < -0.4 is 0 Å². The van der Waals surface area contributed by atoms with E-state index in [2.05, 4.69) is 0 Å². The molecule has 0 radical (unpaired) electrons. The number of hydrogen-bond donors (Lipinski definition) is 1. The molecule has 2 heteroatoms. The van der Waals surface area contributed by atoms with E-state index in [9.17, 15) is 9.90 Å². The summed E-state index contributed by atoms with van der Waals surface area (Å²) in [5.41, 5.74) is 0.796. The summed E-state index contributed by atoms with van der Waals surface area (Å²) in [7, 11) is 0. The van der Waals surface area contributed by atoms with Crippen LogP contribution in [0.3, 0.4) is 0 Å². The molecule has 0 aliphatic carbocycles. The largest absolute Gasteiger partial charge is 0.388 e. The van der Waals surface area contributed by atoms with Gasteiger partial charge < -0.3 is 5.11 Å². The van der Waals surface area contributed by atoms with Crippen molar-refractivity contribution in [3.05, 3.63) is 35.9 Å². The number of aliphatic hydroxyl groups is 1. The van der Waals surface area contributed by atoms with Crippen molar-refractivity contribution in [2.24, 2.45) is 5.92 Å². The zero-order valence-electron chi connectivity index (χ0n) is 7.90. The Balaban J connectivity index is 2.79. The van der Waals surface area contributed by atoms with Crippen LogP contribution >= 0.6 is 0 Å². The quantitative estimate of drug-likeness (QED) is 0.768. The van der Waals surface area contributed by atoms with Gasteiger partial charge in [0.2, 0.25) is 0 Å². The van der Waals surface area contributed by atoms with Gasteiger partial charge in [-0.2, -0.15) is 0 Å². The van der Waals surface area contributed by atoms with Gasteiger partial charge in [0.15, 0.2) is 0 Å². The first-order valence-electron chi connectivity index (χ1n) is 4.36. The summed E-state index contributed by atoms with van der Waals surface area (Å²) in [5, 5.41) is 9.74. The Hall–Kier alpha value is -1.15. The Morgan fingerprint density at radius 2 is 1.85 bits per heavy atom. The number of carbonyl (C=O) groups excluding carboxylic acids is 1. The molecule has 0 spiro atoms. The molecule has 0 heterocycles. The van der Waals surface area contributed by atoms with E-state index < -0.39 is 6.10 Å².